The van der Waals surface area contributed by atoms with Gasteiger partial charge in [-0.05, 0) is 24.9 Å². The summed E-state index contributed by atoms with van der Waals surface area (Å²) < 4.78 is 1.84. The van der Waals surface area contributed by atoms with Gasteiger partial charge < -0.3 is 5.32 Å². The highest BCUT2D eigenvalue weighted by Crippen LogP contribution is 2.09. The van der Waals surface area contributed by atoms with E-state index in [0.717, 1.165) is 31.6 Å². The van der Waals surface area contributed by atoms with E-state index in [9.17, 15) is 0 Å². The molecular formula is C12H18N4S. The molecule has 0 aliphatic rings. The number of hydrogen-bond acceptors (Lipinski definition) is 4. The first kappa shape index (κ1) is 12.3. The number of nitrogens with zero attached hydrogens (tertiary/aromatic N) is 3. The van der Waals surface area contributed by atoms with Crippen molar-refractivity contribution in [2.24, 2.45) is 7.05 Å². The van der Waals surface area contributed by atoms with Gasteiger partial charge in [0.05, 0.1) is 16.9 Å². The summed E-state index contributed by atoms with van der Waals surface area (Å²) in [6.45, 7) is 3.96. The Balaban J connectivity index is 1.69. The van der Waals surface area contributed by atoms with Crippen LogP contribution in [-0.2, 0) is 26.4 Å². The highest BCUT2D eigenvalue weighted by atomic mass is 32.1. The van der Waals surface area contributed by atoms with Crippen molar-refractivity contribution >= 4 is 11.3 Å². The molecule has 0 aliphatic carbocycles. The van der Waals surface area contributed by atoms with Crippen LogP contribution in [0.4, 0.5) is 0 Å². The Morgan fingerprint density at radius 2 is 2.35 bits per heavy atom. The van der Waals surface area contributed by atoms with E-state index in [2.05, 4.69) is 33.9 Å². The van der Waals surface area contributed by atoms with Gasteiger partial charge >= 0.3 is 0 Å². The summed E-state index contributed by atoms with van der Waals surface area (Å²) in [5, 5.41) is 10.9. The predicted octanol–water partition coefficient (Wildman–Crippen LogP) is 1.77. The minimum absolute atomic E-state index is 0.858. The molecule has 1 N–H and O–H groups in total. The molecule has 0 unspecified atom stereocenters. The van der Waals surface area contributed by atoms with E-state index in [-0.39, 0.29) is 0 Å². The van der Waals surface area contributed by atoms with Crippen LogP contribution in [0.15, 0.2) is 17.8 Å². The maximum Gasteiger partial charge on any atom is 0.0926 e. The van der Waals surface area contributed by atoms with Gasteiger partial charge in [0.1, 0.15) is 0 Å². The van der Waals surface area contributed by atoms with Gasteiger partial charge in [0.15, 0.2) is 0 Å². The standard InChI is InChI=1S/C12H18N4S/c1-3-12-15-11(9-17-12)7-13-5-4-10-6-14-16(2)8-10/h6,8-9,13H,3-5,7H2,1-2H3. The van der Waals surface area contributed by atoms with E-state index in [4.69, 9.17) is 0 Å². The number of aromatic nitrogens is 3. The first-order chi connectivity index (χ1) is 8.28. The Morgan fingerprint density at radius 3 is 3.00 bits per heavy atom. The number of hydrogen-bond donors (Lipinski definition) is 1. The zero-order chi connectivity index (χ0) is 12.1. The van der Waals surface area contributed by atoms with Crippen molar-refractivity contribution in [1.82, 2.24) is 20.1 Å². The fourth-order valence-corrected chi connectivity index (χ4v) is 2.39. The molecular weight excluding hydrogens is 232 g/mol. The third-order valence-electron chi connectivity index (χ3n) is 2.56. The number of rotatable bonds is 6. The van der Waals surface area contributed by atoms with Crippen LogP contribution in [0, 0.1) is 0 Å². The van der Waals surface area contributed by atoms with Crippen molar-refractivity contribution in [2.45, 2.75) is 26.3 Å². The van der Waals surface area contributed by atoms with Gasteiger partial charge in [0, 0.05) is 25.2 Å². The van der Waals surface area contributed by atoms with Crippen molar-refractivity contribution in [2.75, 3.05) is 6.54 Å². The molecule has 0 saturated heterocycles. The summed E-state index contributed by atoms with van der Waals surface area (Å²) in [4.78, 5) is 4.52. The molecule has 2 rings (SSSR count). The van der Waals surface area contributed by atoms with Crippen molar-refractivity contribution in [1.29, 1.82) is 0 Å². The second-order valence-corrected chi connectivity index (χ2v) is 4.98. The molecule has 2 aromatic rings. The molecule has 5 heteroatoms. The molecule has 0 radical (unpaired) electrons. The Kier molecular flexibility index (Phi) is 4.28. The van der Waals surface area contributed by atoms with Gasteiger partial charge in [-0.3, -0.25) is 4.68 Å². The van der Waals surface area contributed by atoms with Crippen molar-refractivity contribution < 1.29 is 0 Å². The van der Waals surface area contributed by atoms with E-state index in [1.54, 1.807) is 11.3 Å². The SMILES string of the molecule is CCc1nc(CNCCc2cnn(C)c2)cs1. The quantitative estimate of drug-likeness (QED) is 0.795. The molecule has 0 fully saturated rings. The van der Waals surface area contributed by atoms with Gasteiger partial charge in [-0.2, -0.15) is 5.10 Å². The van der Waals surface area contributed by atoms with Gasteiger partial charge in [-0.15, -0.1) is 11.3 Å². The van der Waals surface area contributed by atoms with E-state index in [0.29, 0.717) is 0 Å². The molecule has 0 spiro atoms. The average Bonchev–Trinajstić information content (AvgIpc) is 2.93. The average molecular weight is 250 g/mol. The van der Waals surface area contributed by atoms with Crippen LogP contribution in [-0.4, -0.2) is 21.3 Å². The Hall–Kier alpha value is -1.20. The first-order valence-corrected chi connectivity index (χ1v) is 6.77. The zero-order valence-corrected chi connectivity index (χ0v) is 11.1. The lowest BCUT2D eigenvalue weighted by molar-refractivity contribution is 0.675. The van der Waals surface area contributed by atoms with E-state index in [1.807, 2.05) is 17.9 Å². The molecule has 0 aromatic carbocycles. The molecule has 2 aromatic heterocycles. The van der Waals surface area contributed by atoms with Crippen LogP contribution in [0.1, 0.15) is 23.2 Å². The second kappa shape index (κ2) is 5.93. The summed E-state index contributed by atoms with van der Waals surface area (Å²) in [5.74, 6) is 0. The largest absolute Gasteiger partial charge is 0.311 e. The van der Waals surface area contributed by atoms with Gasteiger partial charge in [0.2, 0.25) is 0 Å². The zero-order valence-electron chi connectivity index (χ0n) is 10.3. The summed E-state index contributed by atoms with van der Waals surface area (Å²) in [5.41, 5.74) is 2.42. The minimum atomic E-state index is 0.858. The normalized spacial score (nSPS) is 10.9. The maximum atomic E-state index is 4.52. The molecule has 2 heterocycles. The summed E-state index contributed by atoms with van der Waals surface area (Å²) in [6.07, 6.45) is 6.01. The molecule has 4 nitrogen and oxygen atoms in total. The van der Waals surface area contributed by atoms with E-state index >= 15 is 0 Å². The third-order valence-corrected chi connectivity index (χ3v) is 3.60. The number of thiazole rings is 1. The second-order valence-electron chi connectivity index (χ2n) is 4.04. The Morgan fingerprint density at radius 1 is 1.47 bits per heavy atom. The highest BCUT2D eigenvalue weighted by Gasteiger charge is 2.00. The van der Waals surface area contributed by atoms with Crippen LogP contribution in [0.5, 0.6) is 0 Å². The van der Waals surface area contributed by atoms with Gasteiger partial charge in [-0.25, -0.2) is 4.98 Å². The van der Waals surface area contributed by atoms with Crippen molar-refractivity contribution in [3.63, 3.8) is 0 Å². The number of nitrogens with one attached hydrogen (secondary N) is 1. The molecule has 0 aliphatic heterocycles. The van der Waals surface area contributed by atoms with Crippen LogP contribution in [0.2, 0.25) is 0 Å². The molecule has 17 heavy (non-hydrogen) atoms. The van der Waals surface area contributed by atoms with Crippen molar-refractivity contribution in [3.05, 3.63) is 34.0 Å². The lowest BCUT2D eigenvalue weighted by Gasteiger charge is -2.00. The molecule has 92 valence electrons. The lowest BCUT2D eigenvalue weighted by atomic mass is 10.2. The smallest absolute Gasteiger partial charge is 0.0926 e. The monoisotopic (exact) mass is 250 g/mol. The maximum absolute atomic E-state index is 4.52. The van der Waals surface area contributed by atoms with Crippen LogP contribution >= 0.6 is 11.3 Å². The van der Waals surface area contributed by atoms with Crippen molar-refractivity contribution in [3.8, 4) is 0 Å². The molecule has 0 bridgehead atoms. The van der Waals surface area contributed by atoms with Gasteiger partial charge in [-0.1, -0.05) is 6.92 Å². The Bertz CT molecular complexity index is 461. The van der Waals surface area contributed by atoms with Crippen LogP contribution in [0.25, 0.3) is 0 Å². The Labute approximate surface area is 106 Å². The molecule has 0 atom stereocenters. The topological polar surface area (TPSA) is 42.7 Å². The van der Waals surface area contributed by atoms with E-state index < -0.39 is 0 Å². The van der Waals surface area contributed by atoms with Crippen LogP contribution in [0.3, 0.4) is 0 Å². The summed E-state index contributed by atoms with van der Waals surface area (Å²) >= 11 is 1.74. The summed E-state index contributed by atoms with van der Waals surface area (Å²) in [6, 6.07) is 0. The third kappa shape index (κ3) is 3.64. The lowest BCUT2D eigenvalue weighted by Crippen LogP contribution is -2.16. The molecule has 0 saturated carbocycles. The first-order valence-electron chi connectivity index (χ1n) is 5.89. The highest BCUT2D eigenvalue weighted by molar-refractivity contribution is 7.09. The van der Waals surface area contributed by atoms with Gasteiger partial charge in [0.25, 0.3) is 0 Å². The fourth-order valence-electron chi connectivity index (χ4n) is 1.64. The summed E-state index contributed by atoms with van der Waals surface area (Å²) in [7, 11) is 1.94. The fraction of sp³-hybridized carbons (Fsp3) is 0.500. The van der Waals surface area contributed by atoms with Crippen LogP contribution < -0.4 is 5.32 Å². The minimum Gasteiger partial charge on any atom is -0.311 e. The number of aryl methyl sites for hydroxylation is 2. The predicted molar refractivity (Wildman–Crippen MR) is 70.1 cm³/mol. The molecule has 0 amide bonds. The van der Waals surface area contributed by atoms with E-state index in [1.165, 1.54) is 10.6 Å².